The fraction of sp³-hybridized carbons (Fsp3) is 0.111. The predicted molar refractivity (Wildman–Crippen MR) is 58.8 cm³/mol. The maximum atomic E-state index is 11.3. The van der Waals surface area contributed by atoms with E-state index in [9.17, 15) is 14.7 Å². The van der Waals surface area contributed by atoms with Crippen molar-refractivity contribution in [1.29, 1.82) is 0 Å². The Kier molecular flexibility index (Phi) is 4.02. The molecule has 0 aromatic heterocycles. The number of alkyl halides is 3. The van der Waals surface area contributed by atoms with Crippen molar-refractivity contribution in [2.45, 2.75) is 3.79 Å². The van der Waals surface area contributed by atoms with E-state index in [1.165, 1.54) is 24.3 Å². The number of phenolic OH excluding ortho intramolecular Hbond substituents is 1. The second-order valence-electron chi connectivity index (χ2n) is 2.69. The highest BCUT2D eigenvalue weighted by Gasteiger charge is 2.35. The molecule has 0 spiro atoms. The minimum absolute atomic E-state index is 0.190. The Morgan fingerprint density at radius 2 is 1.75 bits per heavy atom. The van der Waals surface area contributed by atoms with Crippen molar-refractivity contribution in [3.8, 4) is 5.75 Å². The van der Waals surface area contributed by atoms with E-state index in [1.807, 2.05) is 0 Å². The molecule has 0 aliphatic heterocycles. The molecule has 4 nitrogen and oxygen atoms in total. The zero-order chi connectivity index (χ0) is 12.3. The topological polar surface area (TPSA) is 63.6 Å². The van der Waals surface area contributed by atoms with Gasteiger partial charge in [-0.25, -0.2) is 9.59 Å². The molecule has 7 heteroatoms. The molecular weight excluding hydrogens is 278 g/mol. The molecule has 0 bridgehead atoms. The third-order valence-electron chi connectivity index (χ3n) is 1.54. The summed E-state index contributed by atoms with van der Waals surface area (Å²) in [5, 5.41) is 9.29. The van der Waals surface area contributed by atoms with Crippen molar-refractivity contribution < 1.29 is 19.4 Å². The number of hydrogen-bond donors (Lipinski definition) is 1. The molecule has 0 atom stereocenters. The number of para-hydroxylation sites is 1. The van der Waals surface area contributed by atoms with Crippen molar-refractivity contribution in [2.24, 2.45) is 0 Å². The van der Waals surface area contributed by atoms with Gasteiger partial charge < -0.3 is 9.84 Å². The lowest BCUT2D eigenvalue weighted by Crippen LogP contribution is -2.25. The molecule has 0 unspecified atom stereocenters. The second-order valence-corrected chi connectivity index (χ2v) is 4.97. The third-order valence-corrected chi connectivity index (χ3v) is 2.00. The molecular formula is C9H5Cl3O4. The van der Waals surface area contributed by atoms with Crippen LogP contribution in [0.2, 0.25) is 0 Å². The number of ether oxygens (including phenoxy) is 1. The number of carbonyl (C=O) groups excluding carboxylic acids is 2. The summed E-state index contributed by atoms with van der Waals surface area (Å²) in [7, 11) is 0. The van der Waals surface area contributed by atoms with Crippen molar-refractivity contribution in [3.63, 3.8) is 0 Å². The Balaban J connectivity index is 2.82. The number of phenols is 1. The van der Waals surface area contributed by atoms with Crippen LogP contribution >= 0.6 is 34.8 Å². The molecule has 16 heavy (non-hydrogen) atoms. The average molecular weight is 283 g/mol. The quantitative estimate of drug-likeness (QED) is 0.488. The molecule has 0 saturated carbocycles. The van der Waals surface area contributed by atoms with E-state index in [4.69, 9.17) is 34.8 Å². The lowest BCUT2D eigenvalue weighted by molar-refractivity contribution is -0.136. The van der Waals surface area contributed by atoms with Gasteiger partial charge in [0.05, 0.1) is 0 Å². The minimum Gasteiger partial charge on any atom is -0.507 e. The zero-order valence-electron chi connectivity index (χ0n) is 7.62. The average Bonchev–Trinajstić information content (AvgIpc) is 2.16. The van der Waals surface area contributed by atoms with Gasteiger partial charge in [-0.05, 0) is 12.1 Å². The van der Waals surface area contributed by atoms with Gasteiger partial charge in [-0.15, -0.1) is 0 Å². The van der Waals surface area contributed by atoms with E-state index in [2.05, 4.69) is 4.74 Å². The monoisotopic (exact) mass is 282 g/mol. The van der Waals surface area contributed by atoms with Crippen molar-refractivity contribution in [1.82, 2.24) is 0 Å². The first-order chi connectivity index (χ1) is 7.32. The molecule has 0 aliphatic carbocycles. The number of aromatic hydroxyl groups is 1. The first kappa shape index (κ1) is 13.1. The summed E-state index contributed by atoms with van der Waals surface area (Å²) in [6, 6.07) is 5.51. The predicted octanol–water partition coefficient (Wildman–Crippen LogP) is 2.45. The fourth-order valence-corrected chi connectivity index (χ4v) is 0.959. The third kappa shape index (κ3) is 3.27. The van der Waals surface area contributed by atoms with Crippen LogP contribution in [0.25, 0.3) is 0 Å². The summed E-state index contributed by atoms with van der Waals surface area (Å²) >= 11 is 15.6. The Hall–Kier alpha value is -0.970. The van der Waals surface area contributed by atoms with E-state index in [-0.39, 0.29) is 11.3 Å². The van der Waals surface area contributed by atoms with E-state index < -0.39 is 15.7 Å². The second kappa shape index (κ2) is 4.91. The van der Waals surface area contributed by atoms with Gasteiger partial charge in [0.2, 0.25) is 0 Å². The first-order valence-electron chi connectivity index (χ1n) is 3.93. The standard InChI is InChI=1S/C9H5Cl3O4/c10-9(11,12)8(15)16-7(14)5-3-1-2-4-6(5)13/h1-4,13H. The maximum absolute atomic E-state index is 11.3. The van der Waals surface area contributed by atoms with Gasteiger partial charge in [0.25, 0.3) is 3.79 Å². The Bertz CT molecular complexity index is 425. The van der Waals surface area contributed by atoms with Gasteiger partial charge >= 0.3 is 11.9 Å². The van der Waals surface area contributed by atoms with Crippen LogP contribution in [0.1, 0.15) is 10.4 Å². The lowest BCUT2D eigenvalue weighted by Gasteiger charge is -2.09. The van der Waals surface area contributed by atoms with Crippen LogP contribution in [0.4, 0.5) is 0 Å². The fourth-order valence-electron chi connectivity index (χ4n) is 0.843. The molecule has 1 rings (SSSR count). The van der Waals surface area contributed by atoms with Gasteiger partial charge in [0.15, 0.2) is 0 Å². The van der Waals surface area contributed by atoms with Crippen LogP contribution in [0.15, 0.2) is 24.3 Å². The summed E-state index contributed by atoms with van der Waals surface area (Å²) < 4.78 is 1.91. The van der Waals surface area contributed by atoms with Gasteiger partial charge in [0, 0.05) is 0 Å². The molecule has 0 radical (unpaired) electrons. The van der Waals surface area contributed by atoms with Gasteiger partial charge in [-0.1, -0.05) is 46.9 Å². The molecule has 1 aromatic carbocycles. The van der Waals surface area contributed by atoms with Crippen molar-refractivity contribution in [2.75, 3.05) is 0 Å². The van der Waals surface area contributed by atoms with E-state index >= 15 is 0 Å². The van der Waals surface area contributed by atoms with E-state index in [0.717, 1.165) is 0 Å². The van der Waals surface area contributed by atoms with Crippen molar-refractivity contribution >= 4 is 46.7 Å². The van der Waals surface area contributed by atoms with Gasteiger partial charge in [0.1, 0.15) is 11.3 Å². The summed E-state index contributed by atoms with van der Waals surface area (Å²) in [5.41, 5.74) is -0.190. The summed E-state index contributed by atoms with van der Waals surface area (Å²) in [6.45, 7) is 0. The normalized spacial score (nSPS) is 10.9. The van der Waals surface area contributed by atoms with Crippen LogP contribution in [0.5, 0.6) is 5.75 Å². The molecule has 0 heterocycles. The maximum Gasteiger partial charge on any atom is 0.366 e. The Morgan fingerprint density at radius 1 is 1.19 bits per heavy atom. The van der Waals surface area contributed by atoms with Crippen LogP contribution in [0, 0.1) is 0 Å². The summed E-state index contributed by atoms with van der Waals surface area (Å²) in [5.74, 6) is -2.75. The van der Waals surface area contributed by atoms with Gasteiger partial charge in [-0.2, -0.15) is 0 Å². The van der Waals surface area contributed by atoms with E-state index in [1.54, 1.807) is 0 Å². The number of hydrogen-bond acceptors (Lipinski definition) is 4. The number of benzene rings is 1. The molecule has 0 aliphatic rings. The Morgan fingerprint density at radius 3 is 2.25 bits per heavy atom. The van der Waals surface area contributed by atoms with Crippen LogP contribution < -0.4 is 0 Å². The lowest BCUT2D eigenvalue weighted by atomic mass is 10.2. The summed E-state index contributed by atoms with van der Waals surface area (Å²) in [4.78, 5) is 22.4. The van der Waals surface area contributed by atoms with E-state index in [0.29, 0.717) is 0 Å². The highest BCUT2D eigenvalue weighted by atomic mass is 35.6. The molecule has 86 valence electrons. The number of halogens is 3. The van der Waals surface area contributed by atoms with Crippen LogP contribution in [-0.4, -0.2) is 20.8 Å². The minimum atomic E-state index is -2.33. The number of carbonyl (C=O) groups is 2. The van der Waals surface area contributed by atoms with Crippen molar-refractivity contribution in [3.05, 3.63) is 29.8 Å². The number of rotatable bonds is 1. The molecule has 1 aromatic rings. The molecule has 0 fully saturated rings. The Labute approximate surface area is 106 Å². The largest absolute Gasteiger partial charge is 0.507 e. The molecule has 0 amide bonds. The van der Waals surface area contributed by atoms with Gasteiger partial charge in [-0.3, -0.25) is 0 Å². The van der Waals surface area contributed by atoms with Crippen LogP contribution in [-0.2, 0) is 9.53 Å². The SMILES string of the molecule is O=C(OC(=O)C(Cl)(Cl)Cl)c1ccccc1O. The highest BCUT2D eigenvalue weighted by Crippen LogP contribution is 2.28. The molecule has 0 saturated heterocycles. The highest BCUT2D eigenvalue weighted by molar-refractivity contribution is 6.75. The first-order valence-corrected chi connectivity index (χ1v) is 5.07. The van der Waals surface area contributed by atoms with Crippen LogP contribution in [0.3, 0.4) is 0 Å². The molecule has 1 N–H and O–H groups in total. The zero-order valence-corrected chi connectivity index (χ0v) is 9.88. The smallest absolute Gasteiger partial charge is 0.366 e. The summed E-state index contributed by atoms with van der Waals surface area (Å²) in [6.07, 6.45) is 0. The number of esters is 2.